The van der Waals surface area contributed by atoms with Crippen LogP contribution in [0.15, 0.2) is 29.6 Å². The van der Waals surface area contributed by atoms with Crippen molar-refractivity contribution in [2.24, 2.45) is 5.92 Å². The highest BCUT2D eigenvalue weighted by Gasteiger charge is 2.26. The Labute approximate surface area is 192 Å². The summed E-state index contributed by atoms with van der Waals surface area (Å²) in [5, 5.41) is 2.18. The molecule has 1 saturated heterocycles. The lowest BCUT2D eigenvalue weighted by Crippen LogP contribution is -2.43. The molecule has 1 fully saturated rings. The Kier molecular flexibility index (Phi) is 7.84. The van der Waals surface area contributed by atoms with Crippen molar-refractivity contribution in [1.82, 2.24) is 9.80 Å². The van der Waals surface area contributed by atoms with Crippen molar-refractivity contribution in [3.05, 3.63) is 56.8 Å². The van der Waals surface area contributed by atoms with Gasteiger partial charge in [-0.1, -0.05) is 24.6 Å². The van der Waals surface area contributed by atoms with Gasteiger partial charge in [-0.2, -0.15) is 0 Å². The number of amides is 1. The fourth-order valence-electron chi connectivity index (χ4n) is 5.26. The first-order valence-electron chi connectivity index (χ1n) is 12.2. The summed E-state index contributed by atoms with van der Waals surface area (Å²) in [6.45, 7) is 9.78. The van der Waals surface area contributed by atoms with Gasteiger partial charge in [-0.3, -0.25) is 4.79 Å². The van der Waals surface area contributed by atoms with Crippen LogP contribution in [0.1, 0.15) is 59.2 Å². The van der Waals surface area contributed by atoms with Crippen molar-refractivity contribution in [3.63, 3.8) is 0 Å². The second-order valence-corrected chi connectivity index (χ2v) is 10.7. The van der Waals surface area contributed by atoms with Gasteiger partial charge in [0.25, 0.3) is 0 Å². The fraction of sp³-hybridized carbons (Fsp3) is 0.593. The van der Waals surface area contributed by atoms with Crippen LogP contribution in [0, 0.1) is 19.8 Å². The first-order chi connectivity index (χ1) is 15.1. The normalized spacial score (nSPS) is 20.0. The average molecular weight is 439 g/mol. The van der Waals surface area contributed by atoms with Crippen molar-refractivity contribution >= 4 is 17.2 Å². The molecule has 1 amide bonds. The Bertz CT molecular complexity index is 860. The number of carbonyl (C=O) groups is 1. The molecule has 1 unspecified atom stereocenters. The number of hydrogen-bond acceptors (Lipinski definition) is 3. The van der Waals surface area contributed by atoms with E-state index in [1.165, 1.54) is 85.3 Å². The minimum absolute atomic E-state index is 0.327. The zero-order valence-corrected chi connectivity index (χ0v) is 20.2. The number of fused-ring (bicyclic) bond motifs is 1. The summed E-state index contributed by atoms with van der Waals surface area (Å²) >= 11 is 1.88. The predicted molar refractivity (Wildman–Crippen MR) is 131 cm³/mol. The average Bonchev–Trinajstić information content (AvgIpc) is 3.23. The van der Waals surface area contributed by atoms with Crippen molar-refractivity contribution < 1.29 is 4.79 Å². The SMILES string of the molecule is Cc1cc2c(cc1C)CC(=O)N(CC1CCCN(CCCCCc3cccs3)C1)CC2. The van der Waals surface area contributed by atoms with E-state index in [1.807, 2.05) is 11.3 Å². The van der Waals surface area contributed by atoms with Crippen molar-refractivity contribution in [2.45, 2.75) is 65.2 Å². The Morgan fingerprint density at radius 2 is 1.90 bits per heavy atom. The van der Waals surface area contributed by atoms with Gasteiger partial charge in [0.05, 0.1) is 6.42 Å². The van der Waals surface area contributed by atoms with Gasteiger partial charge in [0.15, 0.2) is 0 Å². The Balaban J connectivity index is 1.22. The standard InChI is InChI=1S/C27H38N2OS/c1-21-16-24-11-14-29(27(30)18-25(24)17-22(21)2)20-23-8-6-13-28(19-23)12-5-3-4-9-26-10-7-15-31-26/h7,10,15-17,23H,3-6,8-9,11-14,18-20H2,1-2H3. The summed E-state index contributed by atoms with van der Waals surface area (Å²) in [5.41, 5.74) is 5.28. The molecule has 2 aliphatic rings. The molecule has 4 heteroatoms. The summed E-state index contributed by atoms with van der Waals surface area (Å²) in [6.07, 6.45) is 9.29. The van der Waals surface area contributed by atoms with Crippen molar-refractivity contribution in [1.29, 1.82) is 0 Å². The monoisotopic (exact) mass is 438 g/mol. The summed E-state index contributed by atoms with van der Waals surface area (Å²) < 4.78 is 0. The maximum absolute atomic E-state index is 13.0. The molecular weight excluding hydrogens is 400 g/mol. The number of piperidine rings is 1. The quantitative estimate of drug-likeness (QED) is 0.514. The minimum Gasteiger partial charge on any atom is -0.342 e. The topological polar surface area (TPSA) is 23.6 Å². The lowest BCUT2D eigenvalue weighted by Gasteiger charge is -2.35. The number of rotatable bonds is 8. The van der Waals surface area contributed by atoms with Crippen LogP contribution in [0.25, 0.3) is 0 Å². The van der Waals surface area contributed by atoms with E-state index in [0.717, 1.165) is 19.5 Å². The molecule has 4 rings (SSSR count). The number of unbranched alkanes of at least 4 members (excludes halogenated alkanes) is 2. The Hall–Kier alpha value is -1.65. The molecule has 0 aliphatic carbocycles. The van der Waals surface area contributed by atoms with Crippen molar-refractivity contribution in [3.8, 4) is 0 Å². The first-order valence-corrected chi connectivity index (χ1v) is 13.1. The highest BCUT2D eigenvalue weighted by molar-refractivity contribution is 7.09. The van der Waals surface area contributed by atoms with E-state index in [9.17, 15) is 4.79 Å². The summed E-state index contributed by atoms with van der Waals surface area (Å²) in [4.78, 5) is 19.3. The van der Waals surface area contributed by atoms with Gasteiger partial charge in [-0.15, -0.1) is 11.3 Å². The molecule has 31 heavy (non-hydrogen) atoms. The molecule has 1 aromatic heterocycles. The molecule has 0 radical (unpaired) electrons. The number of aryl methyl sites for hydroxylation is 3. The van der Waals surface area contributed by atoms with Crippen molar-refractivity contribution in [2.75, 3.05) is 32.7 Å². The van der Waals surface area contributed by atoms with E-state index >= 15 is 0 Å². The van der Waals surface area contributed by atoms with Crippen LogP contribution in [-0.2, 0) is 24.1 Å². The Morgan fingerprint density at radius 1 is 1.06 bits per heavy atom. The zero-order chi connectivity index (χ0) is 21.6. The third kappa shape index (κ3) is 6.20. The minimum atomic E-state index is 0.327. The van der Waals surface area contributed by atoms with Gasteiger partial charge >= 0.3 is 0 Å². The van der Waals surface area contributed by atoms with E-state index in [1.54, 1.807) is 0 Å². The van der Waals surface area contributed by atoms with Gasteiger partial charge in [-0.25, -0.2) is 0 Å². The Morgan fingerprint density at radius 3 is 2.71 bits per heavy atom. The lowest BCUT2D eigenvalue weighted by molar-refractivity contribution is -0.131. The van der Waals surface area contributed by atoms with Crippen LogP contribution in [0.3, 0.4) is 0 Å². The molecule has 0 spiro atoms. The predicted octanol–water partition coefficient (Wildman–Crippen LogP) is 5.42. The molecule has 1 atom stereocenters. The molecule has 0 N–H and O–H groups in total. The molecule has 0 saturated carbocycles. The van der Waals surface area contributed by atoms with Gasteiger partial charge in [0.2, 0.25) is 5.91 Å². The van der Waals surface area contributed by atoms with Crippen LogP contribution in [0.2, 0.25) is 0 Å². The number of thiophene rings is 1. The summed E-state index contributed by atoms with van der Waals surface area (Å²) in [5.74, 6) is 0.959. The number of hydrogen-bond donors (Lipinski definition) is 0. The molecule has 2 aromatic rings. The van der Waals surface area contributed by atoms with E-state index in [4.69, 9.17) is 0 Å². The summed E-state index contributed by atoms with van der Waals surface area (Å²) in [6, 6.07) is 8.96. The second-order valence-electron chi connectivity index (χ2n) is 9.67. The van der Waals surface area contributed by atoms with Gasteiger partial charge in [0, 0.05) is 24.5 Å². The van der Waals surface area contributed by atoms with E-state index < -0.39 is 0 Å². The molecule has 3 heterocycles. The molecule has 0 bridgehead atoms. The largest absolute Gasteiger partial charge is 0.342 e. The first kappa shape index (κ1) is 22.5. The highest BCUT2D eigenvalue weighted by atomic mass is 32.1. The third-order valence-electron chi connectivity index (χ3n) is 7.22. The second kappa shape index (κ2) is 10.8. The number of benzene rings is 1. The number of nitrogens with zero attached hydrogens (tertiary/aromatic N) is 2. The van der Waals surface area contributed by atoms with Gasteiger partial charge < -0.3 is 9.80 Å². The molecular formula is C27H38N2OS. The van der Waals surface area contributed by atoms with Crippen LogP contribution >= 0.6 is 11.3 Å². The van der Waals surface area contributed by atoms with Gasteiger partial charge in [-0.05, 0) is 105 Å². The maximum Gasteiger partial charge on any atom is 0.227 e. The third-order valence-corrected chi connectivity index (χ3v) is 8.16. The molecule has 168 valence electrons. The van der Waals surface area contributed by atoms with Gasteiger partial charge in [0.1, 0.15) is 0 Å². The van der Waals surface area contributed by atoms with E-state index in [-0.39, 0.29) is 0 Å². The lowest BCUT2D eigenvalue weighted by atomic mass is 9.96. The molecule has 2 aliphatic heterocycles. The van der Waals surface area contributed by atoms with Crippen LogP contribution in [0.4, 0.5) is 0 Å². The van der Waals surface area contributed by atoms with E-state index in [0.29, 0.717) is 18.2 Å². The number of carbonyl (C=O) groups excluding carboxylic acids is 1. The number of likely N-dealkylation sites (tertiary alicyclic amines) is 1. The van der Waals surface area contributed by atoms with Crippen LogP contribution < -0.4 is 0 Å². The maximum atomic E-state index is 13.0. The van der Waals surface area contributed by atoms with Crippen LogP contribution in [-0.4, -0.2) is 48.4 Å². The summed E-state index contributed by atoms with van der Waals surface area (Å²) in [7, 11) is 0. The highest BCUT2D eigenvalue weighted by Crippen LogP contribution is 2.24. The molecule has 3 nitrogen and oxygen atoms in total. The zero-order valence-electron chi connectivity index (χ0n) is 19.4. The fourth-order valence-corrected chi connectivity index (χ4v) is 6.01. The van der Waals surface area contributed by atoms with E-state index in [2.05, 4.69) is 53.3 Å². The smallest absolute Gasteiger partial charge is 0.227 e. The van der Waals surface area contributed by atoms with Crippen LogP contribution in [0.5, 0.6) is 0 Å². The molecule has 1 aromatic carbocycles.